The summed E-state index contributed by atoms with van der Waals surface area (Å²) in [5.41, 5.74) is -1.01. The minimum atomic E-state index is -4.81. The lowest BCUT2D eigenvalue weighted by Crippen LogP contribution is -2.33. The summed E-state index contributed by atoms with van der Waals surface area (Å²) in [6, 6.07) is 8.01. The zero-order valence-electron chi connectivity index (χ0n) is 13.8. The largest absolute Gasteiger partial charge is 0.573 e. The first-order valence-corrected chi connectivity index (χ1v) is 7.76. The molecule has 1 amide bonds. The van der Waals surface area contributed by atoms with E-state index in [1.165, 1.54) is 18.2 Å². The molecule has 0 saturated carbocycles. The Kier molecular flexibility index (Phi) is 4.36. The van der Waals surface area contributed by atoms with Crippen LogP contribution in [0, 0.1) is 0 Å². The molecule has 27 heavy (non-hydrogen) atoms. The molecule has 0 aliphatic carbocycles. The molecule has 0 fully saturated rings. The monoisotopic (exact) mass is 389 g/mol. The number of carbonyl (C=O) groups is 1. The van der Waals surface area contributed by atoms with Crippen LogP contribution in [0.15, 0.2) is 42.5 Å². The van der Waals surface area contributed by atoms with E-state index in [1.54, 1.807) is 6.92 Å². The van der Waals surface area contributed by atoms with Crippen LogP contribution in [0.25, 0.3) is 0 Å². The second kappa shape index (κ2) is 6.17. The Morgan fingerprint density at radius 2 is 1.63 bits per heavy atom. The molecule has 2 aromatic carbocycles. The summed E-state index contributed by atoms with van der Waals surface area (Å²) < 4.78 is 78.9. The molecule has 0 spiro atoms. The Hall–Kier alpha value is -2.71. The van der Waals surface area contributed by atoms with Crippen LogP contribution in [0.3, 0.4) is 0 Å². The number of halogens is 6. The van der Waals surface area contributed by atoms with Gasteiger partial charge in [0, 0.05) is 5.69 Å². The fourth-order valence-electron chi connectivity index (χ4n) is 3.08. The predicted octanol–water partition coefficient (Wildman–Crippen LogP) is 5.06. The average molecular weight is 389 g/mol. The van der Waals surface area contributed by atoms with Gasteiger partial charge in [0.15, 0.2) is 0 Å². The number of amides is 1. The molecule has 1 unspecified atom stereocenters. The number of carbonyl (C=O) groups excluding carboxylic acids is 1. The van der Waals surface area contributed by atoms with Gasteiger partial charge in [0.25, 0.3) is 0 Å². The van der Waals surface area contributed by atoms with E-state index in [4.69, 9.17) is 0 Å². The number of alkyl halides is 6. The molecule has 0 bridgehead atoms. The third-order valence-corrected chi connectivity index (χ3v) is 4.41. The van der Waals surface area contributed by atoms with Crippen LogP contribution < -0.4 is 10.1 Å². The van der Waals surface area contributed by atoms with Crippen molar-refractivity contribution in [3.63, 3.8) is 0 Å². The summed E-state index contributed by atoms with van der Waals surface area (Å²) in [7, 11) is 0. The van der Waals surface area contributed by atoms with Crippen molar-refractivity contribution >= 4 is 11.6 Å². The molecular formula is C18H13F6NO2. The van der Waals surface area contributed by atoms with Crippen molar-refractivity contribution in [2.75, 3.05) is 5.32 Å². The standard InChI is InChI=1S/C18H13F6NO2/c1-16(9-10-2-5-12(6-3-10)27-18(22,23)24)13-7-4-11(17(19,20)21)8-14(13)25-15(16)26/h2-8H,9H2,1H3,(H,25,26). The van der Waals surface area contributed by atoms with Crippen molar-refractivity contribution in [1.29, 1.82) is 0 Å². The van der Waals surface area contributed by atoms with Crippen molar-refractivity contribution < 1.29 is 35.9 Å². The number of hydrogen-bond acceptors (Lipinski definition) is 2. The number of fused-ring (bicyclic) bond motifs is 1. The Morgan fingerprint density at radius 1 is 1.00 bits per heavy atom. The number of anilines is 1. The zero-order valence-corrected chi connectivity index (χ0v) is 13.8. The molecule has 3 rings (SSSR count). The van der Waals surface area contributed by atoms with Gasteiger partial charge in [-0.15, -0.1) is 13.2 Å². The van der Waals surface area contributed by atoms with Crippen LogP contribution in [0.5, 0.6) is 5.75 Å². The average Bonchev–Trinajstić information content (AvgIpc) is 2.78. The zero-order chi connectivity index (χ0) is 20.0. The van der Waals surface area contributed by atoms with Crippen LogP contribution in [0.1, 0.15) is 23.6 Å². The van der Waals surface area contributed by atoms with Gasteiger partial charge in [-0.3, -0.25) is 4.79 Å². The Balaban J connectivity index is 1.86. The Labute approximate surface area is 149 Å². The second-order valence-electron chi connectivity index (χ2n) is 6.41. The first kappa shape index (κ1) is 19.1. The first-order valence-electron chi connectivity index (χ1n) is 7.76. The lowest BCUT2D eigenvalue weighted by atomic mass is 9.78. The van der Waals surface area contributed by atoms with Gasteiger partial charge in [-0.1, -0.05) is 18.2 Å². The van der Waals surface area contributed by atoms with E-state index in [1.807, 2.05) is 0 Å². The van der Waals surface area contributed by atoms with Crippen molar-refractivity contribution in [3.05, 3.63) is 59.2 Å². The Morgan fingerprint density at radius 3 is 2.19 bits per heavy atom. The smallest absolute Gasteiger partial charge is 0.406 e. The van der Waals surface area contributed by atoms with Gasteiger partial charge in [0.1, 0.15) is 5.75 Å². The Bertz CT molecular complexity index is 873. The second-order valence-corrected chi connectivity index (χ2v) is 6.41. The number of ether oxygens (including phenoxy) is 1. The minimum Gasteiger partial charge on any atom is -0.406 e. The van der Waals surface area contributed by atoms with Crippen LogP contribution in [0.2, 0.25) is 0 Å². The molecule has 9 heteroatoms. The van der Waals surface area contributed by atoms with Gasteiger partial charge in [-0.2, -0.15) is 13.2 Å². The van der Waals surface area contributed by atoms with E-state index < -0.39 is 35.2 Å². The number of hydrogen-bond donors (Lipinski definition) is 1. The lowest BCUT2D eigenvalue weighted by Gasteiger charge is -2.23. The van der Waals surface area contributed by atoms with E-state index in [0.29, 0.717) is 11.1 Å². The quantitative estimate of drug-likeness (QED) is 0.746. The molecule has 1 heterocycles. The fourth-order valence-corrected chi connectivity index (χ4v) is 3.08. The third-order valence-electron chi connectivity index (χ3n) is 4.41. The van der Waals surface area contributed by atoms with E-state index >= 15 is 0 Å². The van der Waals surface area contributed by atoms with E-state index in [0.717, 1.165) is 24.3 Å². The highest BCUT2D eigenvalue weighted by Gasteiger charge is 2.44. The molecule has 0 aromatic heterocycles. The van der Waals surface area contributed by atoms with Crippen LogP contribution in [-0.2, 0) is 22.8 Å². The van der Waals surface area contributed by atoms with Crippen LogP contribution in [-0.4, -0.2) is 12.3 Å². The molecule has 0 radical (unpaired) electrons. The van der Waals surface area contributed by atoms with E-state index in [-0.39, 0.29) is 12.1 Å². The lowest BCUT2D eigenvalue weighted by molar-refractivity contribution is -0.274. The molecule has 2 aromatic rings. The summed E-state index contributed by atoms with van der Waals surface area (Å²) >= 11 is 0. The maximum Gasteiger partial charge on any atom is 0.573 e. The topological polar surface area (TPSA) is 38.3 Å². The summed E-state index contributed by atoms with van der Waals surface area (Å²) in [4.78, 5) is 12.4. The van der Waals surface area contributed by atoms with Gasteiger partial charge < -0.3 is 10.1 Å². The van der Waals surface area contributed by atoms with Gasteiger partial charge in [0.05, 0.1) is 11.0 Å². The van der Waals surface area contributed by atoms with Crippen LogP contribution in [0.4, 0.5) is 32.0 Å². The fraction of sp³-hybridized carbons (Fsp3) is 0.278. The van der Waals surface area contributed by atoms with Gasteiger partial charge in [0.2, 0.25) is 5.91 Å². The molecular weight excluding hydrogens is 376 g/mol. The highest BCUT2D eigenvalue weighted by molar-refractivity contribution is 6.06. The van der Waals surface area contributed by atoms with Crippen molar-refractivity contribution in [3.8, 4) is 5.75 Å². The molecule has 1 aliphatic heterocycles. The highest BCUT2D eigenvalue weighted by Crippen LogP contribution is 2.43. The number of rotatable bonds is 3. The molecule has 0 saturated heterocycles. The van der Waals surface area contributed by atoms with E-state index in [2.05, 4.69) is 10.1 Å². The maximum absolute atomic E-state index is 12.8. The molecule has 3 nitrogen and oxygen atoms in total. The molecule has 1 aliphatic rings. The SMILES string of the molecule is CC1(Cc2ccc(OC(F)(F)F)cc2)C(=O)Nc2cc(C(F)(F)F)ccc21. The van der Waals surface area contributed by atoms with Crippen molar-refractivity contribution in [1.82, 2.24) is 0 Å². The van der Waals surface area contributed by atoms with Crippen LogP contribution >= 0.6 is 0 Å². The number of benzene rings is 2. The first-order chi connectivity index (χ1) is 12.4. The summed E-state index contributed by atoms with van der Waals surface area (Å²) in [6.07, 6.45) is -9.25. The summed E-state index contributed by atoms with van der Waals surface area (Å²) in [5.74, 6) is -0.880. The van der Waals surface area contributed by atoms with Gasteiger partial charge >= 0.3 is 12.5 Å². The molecule has 144 valence electrons. The third kappa shape index (κ3) is 3.86. The van der Waals surface area contributed by atoms with Gasteiger partial charge in [-0.25, -0.2) is 0 Å². The number of nitrogens with one attached hydrogen (secondary N) is 1. The molecule has 1 N–H and O–H groups in total. The minimum absolute atomic E-state index is 0.0781. The van der Waals surface area contributed by atoms with Gasteiger partial charge in [-0.05, 0) is 48.7 Å². The summed E-state index contributed by atoms with van der Waals surface area (Å²) in [5, 5.41) is 2.45. The normalized spacial score (nSPS) is 19.6. The van der Waals surface area contributed by atoms with Crippen molar-refractivity contribution in [2.24, 2.45) is 0 Å². The van der Waals surface area contributed by atoms with E-state index in [9.17, 15) is 31.1 Å². The highest BCUT2D eigenvalue weighted by atomic mass is 19.4. The summed E-state index contributed by atoms with van der Waals surface area (Å²) in [6.45, 7) is 1.57. The molecule has 1 atom stereocenters. The maximum atomic E-state index is 12.8. The predicted molar refractivity (Wildman–Crippen MR) is 84.3 cm³/mol. The van der Waals surface area contributed by atoms with Crippen molar-refractivity contribution in [2.45, 2.75) is 31.3 Å².